The standard InChI is InChI=1S/C16H12BrNO3/c1-9-7-12(17)14(13(8-9)21-2)18-15(19)10-5-3-4-6-11(10)16(18)20/h3-8H,1-2H3. The Labute approximate surface area is 130 Å². The average Bonchev–Trinajstić information content (AvgIpc) is 2.71. The molecule has 2 amide bonds. The highest BCUT2D eigenvalue weighted by molar-refractivity contribution is 9.10. The number of halogens is 1. The summed E-state index contributed by atoms with van der Waals surface area (Å²) in [5, 5.41) is 0. The minimum Gasteiger partial charge on any atom is -0.495 e. The van der Waals surface area contributed by atoms with E-state index in [0.717, 1.165) is 10.5 Å². The first-order valence-corrected chi connectivity index (χ1v) is 7.16. The van der Waals surface area contributed by atoms with E-state index in [1.807, 2.05) is 13.0 Å². The Morgan fingerprint density at radius 1 is 1.05 bits per heavy atom. The number of anilines is 1. The number of ether oxygens (including phenoxy) is 1. The number of carbonyl (C=O) groups is 2. The van der Waals surface area contributed by atoms with Gasteiger partial charge in [0.05, 0.1) is 18.2 Å². The zero-order chi connectivity index (χ0) is 15.1. The van der Waals surface area contributed by atoms with E-state index in [9.17, 15) is 9.59 Å². The van der Waals surface area contributed by atoms with Gasteiger partial charge < -0.3 is 4.74 Å². The van der Waals surface area contributed by atoms with E-state index < -0.39 is 0 Å². The molecule has 0 saturated carbocycles. The lowest BCUT2D eigenvalue weighted by atomic mass is 10.1. The summed E-state index contributed by atoms with van der Waals surface area (Å²) in [5.41, 5.74) is 2.24. The van der Waals surface area contributed by atoms with Crippen molar-refractivity contribution in [1.29, 1.82) is 0 Å². The van der Waals surface area contributed by atoms with Crippen LogP contribution in [0.4, 0.5) is 5.69 Å². The first-order chi connectivity index (χ1) is 10.0. The zero-order valence-corrected chi connectivity index (χ0v) is 13.1. The highest BCUT2D eigenvalue weighted by Crippen LogP contribution is 2.41. The molecule has 21 heavy (non-hydrogen) atoms. The predicted molar refractivity (Wildman–Crippen MR) is 83.0 cm³/mol. The molecule has 5 heteroatoms. The van der Waals surface area contributed by atoms with Gasteiger partial charge in [-0.05, 0) is 52.7 Å². The summed E-state index contributed by atoms with van der Waals surface area (Å²) in [4.78, 5) is 26.2. The quantitative estimate of drug-likeness (QED) is 0.781. The lowest BCUT2D eigenvalue weighted by molar-refractivity contribution is 0.0925. The monoisotopic (exact) mass is 345 g/mol. The van der Waals surface area contributed by atoms with Gasteiger partial charge in [0, 0.05) is 4.47 Å². The van der Waals surface area contributed by atoms with E-state index in [0.29, 0.717) is 27.0 Å². The van der Waals surface area contributed by atoms with E-state index in [1.165, 1.54) is 7.11 Å². The van der Waals surface area contributed by atoms with Gasteiger partial charge in [-0.15, -0.1) is 0 Å². The van der Waals surface area contributed by atoms with Crippen molar-refractivity contribution >= 4 is 33.4 Å². The van der Waals surface area contributed by atoms with Crippen LogP contribution in [0.5, 0.6) is 5.75 Å². The van der Waals surface area contributed by atoms with Crippen molar-refractivity contribution in [1.82, 2.24) is 0 Å². The highest BCUT2D eigenvalue weighted by atomic mass is 79.9. The molecule has 2 aromatic carbocycles. The first kappa shape index (κ1) is 13.8. The van der Waals surface area contributed by atoms with Gasteiger partial charge in [0.2, 0.25) is 0 Å². The van der Waals surface area contributed by atoms with Crippen LogP contribution in [0.2, 0.25) is 0 Å². The Morgan fingerprint density at radius 2 is 1.62 bits per heavy atom. The molecule has 0 N–H and O–H groups in total. The van der Waals surface area contributed by atoms with Crippen LogP contribution in [-0.2, 0) is 0 Å². The highest BCUT2D eigenvalue weighted by Gasteiger charge is 2.38. The van der Waals surface area contributed by atoms with Crippen molar-refractivity contribution in [2.24, 2.45) is 0 Å². The van der Waals surface area contributed by atoms with Crippen LogP contribution in [0.25, 0.3) is 0 Å². The summed E-state index contributed by atoms with van der Waals surface area (Å²) in [7, 11) is 1.52. The minimum atomic E-state index is -0.335. The predicted octanol–water partition coefficient (Wildman–Crippen LogP) is 3.57. The van der Waals surface area contributed by atoms with Crippen LogP contribution >= 0.6 is 15.9 Å². The summed E-state index contributed by atoms with van der Waals surface area (Å²) < 4.78 is 5.99. The van der Waals surface area contributed by atoms with Crippen molar-refractivity contribution in [2.45, 2.75) is 6.92 Å². The molecule has 1 aliphatic heterocycles. The number of hydrogen-bond acceptors (Lipinski definition) is 3. The van der Waals surface area contributed by atoms with E-state index in [2.05, 4.69) is 15.9 Å². The normalized spacial score (nSPS) is 13.6. The second-order valence-corrected chi connectivity index (χ2v) is 5.64. The molecule has 0 radical (unpaired) electrons. The number of fused-ring (bicyclic) bond motifs is 1. The Bertz CT molecular complexity index is 735. The number of aryl methyl sites for hydroxylation is 1. The summed E-state index contributed by atoms with van der Waals surface area (Å²) in [6.45, 7) is 1.92. The molecule has 0 aliphatic carbocycles. The van der Waals surface area contributed by atoms with Crippen molar-refractivity contribution < 1.29 is 14.3 Å². The molecule has 106 valence electrons. The van der Waals surface area contributed by atoms with Gasteiger partial charge in [0.1, 0.15) is 11.4 Å². The molecule has 4 nitrogen and oxygen atoms in total. The summed E-state index contributed by atoms with van der Waals surface area (Å²) in [6, 6.07) is 10.4. The molecule has 0 spiro atoms. The number of imide groups is 1. The van der Waals surface area contributed by atoms with Gasteiger partial charge in [-0.25, -0.2) is 4.90 Å². The Kier molecular flexibility index (Phi) is 3.29. The summed E-state index contributed by atoms with van der Waals surface area (Å²) in [6.07, 6.45) is 0. The van der Waals surface area contributed by atoms with Gasteiger partial charge in [0.15, 0.2) is 0 Å². The second kappa shape index (κ2) is 5.00. The number of amides is 2. The molecule has 0 bridgehead atoms. The fourth-order valence-corrected chi connectivity index (χ4v) is 3.20. The fourth-order valence-electron chi connectivity index (χ4n) is 2.47. The molecule has 0 fully saturated rings. The molecule has 1 heterocycles. The maximum atomic E-state index is 12.5. The van der Waals surface area contributed by atoms with Crippen molar-refractivity contribution in [3.63, 3.8) is 0 Å². The SMILES string of the molecule is COc1cc(C)cc(Br)c1N1C(=O)c2ccccc2C1=O. The number of nitrogens with zero attached hydrogens (tertiary/aromatic N) is 1. The number of methoxy groups -OCH3 is 1. The largest absolute Gasteiger partial charge is 0.495 e. The third-order valence-corrected chi connectivity index (χ3v) is 4.01. The summed E-state index contributed by atoms with van der Waals surface area (Å²) in [5.74, 6) is -0.187. The third-order valence-electron chi connectivity index (χ3n) is 3.41. The van der Waals surface area contributed by atoms with Crippen molar-refractivity contribution in [3.05, 3.63) is 57.6 Å². The minimum absolute atomic E-state index is 0.335. The Hall–Kier alpha value is -2.14. The maximum Gasteiger partial charge on any atom is 0.266 e. The summed E-state index contributed by atoms with van der Waals surface area (Å²) >= 11 is 3.42. The molecule has 3 rings (SSSR count). The van der Waals surface area contributed by atoms with Gasteiger partial charge in [-0.2, -0.15) is 0 Å². The Balaban J connectivity index is 2.20. The van der Waals surface area contributed by atoms with Crippen molar-refractivity contribution in [3.8, 4) is 5.75 Å². The number of hydrogen-bond donors (Lipinski definition) is 0. The van der Waals surface area contributed by atoms with Crippen LogP contribution in [-0.4, -0.2) is 18.9 Å². The van der Waals surface area contributed by atoms with E-state index in [4.69, 9.17) is 4.74 Å². The second-order valence-electron chi connectivity index (χ2n) is 4.79. The lowest BCUT2D eigenvalue weighted by Gasteiger charge is -2.19. The van der Waals surface area contributed by atoms with E-state index >= 15 is 0 Å². The zero-order valence-electron chi connectivity index (χ0n) is 11.5. The maximum absolute atomic E-state index is 12.5. The topological polar surface area (TPSA) is 46.6 Å². The third kappa shape index (κ3) is 2.05. The number of carbonyl (C=O) groups excluding carboxylic acids is 2. The molecular formula is C16H12BrNO3. The molecule has 0 saturated heterocycles. The van der Waals surface area contributed by atoms with Crippen LogP contribution in [0, 0.1) is 6.92 Å². The number of rotatable bonds is 2. The molecule has 0 unspecified atom stereocenters. The average molecular weight is 346 g/mol. The molecule has 2 aromatic rings. The molecular weight excluding hydrogens is 334 g/mol. The molecule has 0 aromatic heterocycles. The van der Waals surface area contributed by atoms with Gasteiger partial charge in [0.25, 0.3) is 11.8 Å². The van der Waals surface area contributed by atoms with E-state index in [-0.39, 0.29) is 11.8 Å². The van der Waals surface area contributed by atoms with Crippen LogP contribution in [0.1, 0.15) is 26.3 Å². The van der Waals surface area contributed by atoms with Gasteiger partial charge in [-0.1, -0.05) is 12.1 Å². The van der Waals surface area contributed by atoms with Crippen LogP contribution in [0.15, 0.2) is 40.9 Å². The van der Waals surface area contributed by atoms with Crippen LogP contribution in [0.3, 0.4) is 0 Å². The lowest BCUT2D eigenvalue weighted by Crippen LogP contribution is -2.30. The van der Waals surface area contributed by atoms with E-state index in [1.54, 1.807) is 30.3 Å². The Morgan fingerprint density at radius 3 is 2.14 bits per heavy atom. The van der Waals surface area contributed by atoms with Gasteiger partial charge in [-0.3, -0.25) is 9.59 Å². The molecule has 1 aliphatic rings. The van der Waals surface area contributed by atoms with Crippen LogP contribution < -0.4 is 9.64 Å². The smallest absolute Gasteiger partial charge is 0.266 e. The first-order valence-electron chi connectivity index (χ1n) is 6.36. The van der Waals surface area contributed by atoms with Crippen molar-refractivity contribution in [2.75, 3.05) is 12.0 Å². The van der Waals surface area contributed by atoms with Gasteiger partial charge >= 0.3 is 0 Å². The molecule has 0 atom stereocenters. The number of benzene rings is 2. The fraction of sp³-hybridized carbons (Fsp3) is 0.125.